The highest BCUT2D eigenvalue weighted by Crippen LogP contribution is 2.22. The Morgan fingerprint density at radius 3 is 2.48 bits per heavy atom. The van der Waals surface area contributed by atoms with Crippen LogP contribution in [0.3, 0.4) is 0 Å². The molecular formula is C15H22N2O4. The Kier molecular flexibility index (Phi) is 6.52. The van der Waals surface area contributed by atoms with Crippen LogP contribution < -0.4 is 15.4 Å². The lowest BCUT2D eigenvalue weighted by atomic mass is 10.0. The van der Waals surface area contributed by atoms with E-state index in [4.69, 9.17) is 9.84 Å². The molecule has 1 aromatic carbocycles. The number of nitrogens with one attached hydrogen (secondary N) is 2. The third-order valence-corrected chi connectivity index (χ3v) is 3.41. The molecule has 0 aliphatic heterocycles. The number of benzene rings is 1. The fourth-order valence-corrected chi connectivity index (χ4v) is 1.92. The van der Waals surface area contributed by atoms with Crippen LogP contribution in [-0.2, 0) is 0 Å². The summed E-state index contributed by atoms with van der Waals surface area (Å²) in [5, 5.41) is 14.4. The van der Waals surface area contributed by atoms with Gasteiger partial charge in [-0.05, 0) is 18.1 Å². The standard InChI is InChI=1S/C15H22N2O4/c1-4-10(5-2)9-16-15(20)17-13-8-11(21-3)6-7-12(13)14(18)19/h6-8,10H,4-5,9H2,1-3H3,(H,18,19)(H2,16,17,20). The minimum atomic E-state index is -1.10. The highest BCUT2D eigenvalue weighted by atomic mass is 16.5. The maximum Gasteiger partial charge on any atom is 0.337 e. The topological polar surface area (TPSA) is 87.7 Å². The Labute approximate surface area is 124 Å². The van der Waals surface area contributed by atoms with Crippen LogP contribution in [0.4, 0.5) is 10.5 Å². The lowest BCUT2D eigenvalue weighted by molar-refractivity contribution is 0.0698. The van der Waals surface area contributed by atoms with Gasteiger partial charge in [-0.2, -0.15) is 0 Å². The van der Waals surface area contributed by atoms with E-state index in [1.807, 2.05) is 0 Å². The number of rotatable bonds is 7. The zero-order valence-corrected chi connectivity index (χ0v) is 12.6. The molecule has 0 aliphatic carbocycles. The zero-order valence-electron chi connectivity index (χ0n) is 12.6. The van der Waals surface area contributed by atoms with Crippen molar-refractivity contribution >= 4 is 17.7 Å². The van der Waals surface area contributed by atoms with E-state index in [-0.39, 0.29) is 11.3 Å². The summed E-state index contributed by atoms with van der Waals surface area (Å²) in [5.41, 5.74) is 0.234. The highest BCUT2D eigenvalue weighted by Gasteiger charge is 2.14. The summed E-state index contributed by atoms with van der Waals surface area (Å²) >= 11 is 0. The SMILES string of the molecule is CCC(CC)CNC(=O)Nc1cc(OC)ccc1C(=O)O. The summed E-state index contributed by atoms with van der Waals surface area (Å²) in [5.74, 6) is -0.205. The predicted octanol–water partition coefficient (Wildman–Crippen LogP) is 2.95. The molecule has 2 amide bonds. The summed E-state index contributed by atoms with van der Waals surface area (Å²) in [6.07, 6.45) is 1.96. The van der Waals surface area contributed by atoms with Gasteiger partial charge in [0.05, 0.1) is 18.4 Å². The van der Waals surface area contributed by atoms with Gasteiger partial charge in [0.25, 0.3) is 0 Å². The summed E-state index contributed by atoms with van der Waals surface area (Å²) in [4.78, 5) is 23.0. The number of hydrogen-bond donors (Lipinski definition) is 3. The van der Waals surface area contributed by atoms with Crippen molar-refractivity contribution in [3.8, 4) is 5.75 Å². The van der Waals surface area contributed by atoms with Gasteiger partial charge in [0.1, 0.15) is 5.75 Å². The van der Waals surface area contributed by atoms with Gasteiger partial charge in [0.15, 0.2) is 0 Å². The third-order valence-electron chi connectivity index (χ3n) is 3.41. The van der Waals surface area contributed by atoms with Gasteiger partial charge in [0.2, 0.25) is 0 Å². The quantitative estimate of drug-likeness (QED) is 0.721. The molecule has 0 fully saturated rings. The second-order valence-electron chi connectivity index (χ2n) is 4.73. The molecule has 1 rings (SSSR count). The number of carboxylic acids is 1. The van der Waals surface area contributed by atoms with Crippen molar-refractivity contribution in [3.63, 3.8) is 0 Å². The number of ether oxygens (including phenoxy) is 1. The normalized spacial score (nSPS) is 10.3. The number of carbonyl (C=O) groups excluding carboxylic acids is 1. The first-order valence-electron chi connectivity index (χ1n) is 6.97. The van der Waals surface area contributed by atoms with Crippen LogP contribution in [0.5, 0.6) is 5.75 Å². The Morgan fingerprint density at radius 2 is 1.95 bits per heavy atom. The van der Waals surface area contributed by atoms with Crippen LogP contribution in [0.2, 0.25) is 0 Å². The van der Waals surface area contributed by atoms with E-state index in [0.717, 1.165) is 12.8 Å². The number of carbonyl (C=O) groups is 2. The number of carboxylic acid groups (broad SMARTS) is 1. The maximum atomic E-state index is 11.9. The van der Waals surface area contributed by atoms with Crippen LogP contribution in [0.25, 0.3) is 0 Å². The van der Waals surface area contributed by atoms with E-state index in [9.17, 15) is 9.59 Å². The monoisotopic (exact) mass is 294 g/mol. The molecule has 1 aromatic rings. The summed E-state index contributed by atoms with van der Waals surface area (Å²) in [6.45, 7) is 4.70. The number of methoxy groups -OCH3 is 1. The molecule has 0 aliphatic rings. The molecule has 6 heteroatoms. The molecule has 21 heavy (non-hydrogen) atoms. The molecule has 0 saturated heterocycles. The van der Waals surface area contributed by atoms with Crippen LogP contribution in [0, 0.1) is 5.92 Å². The second-order valence-corrected chi connectivity index (χ2v) is 4.73. The molecule has 0 heterocycles. The molecule has 0 aromatic heterocycles. The number of amides is 2. The third kappa shape index (κ3) is 4.98. The number of hydrogen-bond acceptors (Lipinski definition) is 3. The van der Waals surface area contributed by atoms with Crippen LogP contribution in [0.1, 0.15) is 37.0 Å². The van der Waals surface area contributed by atoms with Gasteiger partial charge in [-0.25, -0.2) is 9.59 Å². The van der Waals surface area contributed by atoms with Crippen LogP contribution in [0.15, 0.2) is 18.2 Å². The molecule has 0 atom stereocenters. The molecule has 6 nitrogen and oxygen atoms in total. The first kappa shape index (κ1) is 16.8. The first-order valence-corrected chi connectivity index (χ1v) is 6.97. The van der Waals surface area contributed by atoms with Gasteiger partial charge in [-0.1, -0.05) is 26.7 Å². The second kappa shape index (κ2) is 8.14. The molecular weight excluding hydrogens is 272 g/mol. The Balaban J connectivity index is 2.76. The van der Waals surface area contributed by atoms with Crippen LogP contribution >= 0.6 is 0 Å². The van der Waals surface area contributed by atoms with E-state index in [1.165, 1.54) is 25.3 Å². The molecule has 0 spiro atoms. The van der Waals surface area contributed by atoms with Crippen molar-refractivity contribution in [2.45, 2.75) is 26.7 Å². The minimum absolute atomic E-state index is 0.0217. The van der Waals surface area contributed by atoms with E-state index in [1.54, 1.807) is 0 Å². The number of anilines is 1. The number of urea groups is 1. The van der Waals surface area contributed by atoms with E-state index in [0.29, 0.717) is 18.2 Å². The largest absolute Gasteiger partial charge is 0.497 e. The molecule has 0 radical (unpaired) electrons. The van der Waals surface area contributed by atoms with Crippen molar-refractivity contribution in [1.82, 2.24) is 5.32 Å². The summed E-state index contributed by atoms with van der Waals surface area (Å²) < 4.78 is 5.04. The smallest absolute Gasteiger partial charge is 0.337 e. The molecule has 0 saturated carbocycles. The van der Waals surface area contributed by atoms with Crippen molar-refractivity contribution < 1.29 is 19.4 Å². The highest BCUT2D eigenvalue weighted by molar-refractivity contribution is 6.00. The zero-order chi connectivity index (χ0) is 15.8. The summed E-state index contributed by atoms with van der Waals surface area (Å²) in [6, 6.07) is 4.01. The van der Waals surface area contributed by atoms with Crippen molar-refractivity contribution in [2.24, 2.45) is 5.92 Å². The van der Waals surface area contributed by atoms with Crippen molar-refractivity contribution in [1.29, 1.82) is 0 Å². The van der Waals surface area contributed by atoms with Crippen LogP contribution in [-0.4, -0.2) is 30.8 Å². The van der Waals surface area contributed by atoms with Gasteiger partial charge < -0.3 is 20.5 Å². The maximum absolute atomic E-state index is 11.9. The fraction of sp³-hybridized carbons (Fsp3) is 0.467. The van der Waals surface area contributed by atoms with Gasteiger partial charge in [-0.3, -0.25) is 0 Å². The van der Waals surface area contributed by atoms with Gasteiger partial charge in [0, 0.05) is 12.6 Å². The van der Waals surface area contributed by atoms with Crippen molar-refractivity contribution in [2.75, 3.05) is 19.0 Å². The molecule has 0 bridgehead atoms. The van der Waals surface area contributed by atoms with E-state index in [2.05, 4.69) is 24.5 Å². The fourth-order valence-electron chi connectivity index (χ4n) is 1.92. The minimum Gasteiger partial charge on any atom is -0.497 e. The van der Waals surface area contributed by atoms with E-state index >= 15 is 0 Å². The lowest BCUT2D eigenvalue weighted by Crippen LogP contribution is -2.33. The molecule has 0 unspecified atom stereocenters. The van der Waals surface area contributed by atoms with Crippen molar-refractivity contribution in [3.05, 3.63) is 23.8 Å². The average molecular weight is 294 g/mol. The summed E-state index contributed by atoms with van der Waals surface area (Å²) in [7, 11) is 1.48. The number of aromatic carboxylic acids is 1. The van der Waals surface area contributed by atoms with Gasteiger partial charge in [-0.15, -0.1) is 0 Å². The Morgan fingerprint density at radius 1 is 1.29 bits per heavy atom. The Bertz CT molecular complexity index is 498. The predicted molar refractivity (Wildman–Crippen MR) is 81.0 cm³/mol. The Hall–Kier alpha value is -2.24. The molecule has 116 valence electrons. The lowest BCUT2D eigenvalue weighted by Gasteiger charge is -2.15. The van der Waals surface area contributed by atoms with E-state index < -0.39 is 12.0 Å². The first-order chi connectivity index (χ1) is 10.0. The average Bonchev–Trinajstić information content (AvgIpc) is 2.47. The molecule has 3 N–H and O–H groups in total. The van der Waals surface area contributed by atoms with Gasteiger partial charge >= 0.3 is 12.0 Å².